The van der Waals surface area contributed by atoms with Crippen LogP contribution in [-0.2, 0) is 0 Å². The van der Waals surface area contributed by atoms with Gasteiger partial charge in [-0.05, 0) is 71.1 Å². The first-order valence-electron chi connectivity index (χ1n) is 18.0. The Morgan fingerprint density at radius 1 is 0.333 bits per heavy atom. The summed E-state index contributed by atoms with van der Waals surface area (Å²) >= 11 is 0. The van der Waals surface area contributed by atoms with Crippen molar-refractivity contribution in [1.29, 1.82) is 0 Å². The van der Waals surface area contributed by atoms with Crippen LogP contribution in [0.1, 0.15) is 0 Å². The molecule has 0 spiro atoms. The van der Waals surface area contributed by atoms with Gasteiger partial charge in [0.25, 0.3) is 0 Å². The van der Waals surface area contributed by atoms with Crippen molar-refractivity contribution in [2.24, 2.45) is 0 Å². The molecule has 0 N–H and O–H groups in total. The van der Waals surface area contributed by atoms with Gasteiger partial charge in [-0.2, -0.15) is 0 Å². The molecule has 54 heavy (non-hydrogen) atoms. The van der Waals surface area contributed by atoms with Crippen LogP contribution in [0.5, 0.6) is 0 Å². The number of aromatic nitrogens is 3. The van der Waals surface area contributed by atoms with E-state index in [1.54, 1.807) is 0 Å². The maximum Gasteiger partial charge on any atom is 0.167 e. The summed E-state index contributed by atoms with van der Waals surface area (Å²) in [5.41, 5.74) is 9.50. The second kappa shape index (κ2) is 13.3. The van der Waals surface area contributed by atoms with Gasteiger partial charge in [0.2, 0.25) is 0 Å². The number of rotatable bonds is 7. The Balaban J connectivity index is 1.23. The zero-order chi connectivity index (χ0) is 35.8. The van der Waals surface area contributed by atoms with Crippen molar-refractivity contribution in [1.82, 2.24) is 15.0 Å². The van der Waals surface area contributed by atoms with Crippen LogP contribution in [0.3, 0.4) is 0 Å². The summed E-state index contributed by atoms with van der Waals surface area (Å²) in [4.78, 5) is 17.6. The summed E-state index contributed by atoms with van der Waals surface area (Å²) in [6.45, 7) is 0. The monoisotopic (exact) mass is 692 g/mol. The molecule has 5 heteroatoms. The number of furan rings is 1. The molecule has 5 nitrogen and oxygen atoms in total. The maximum absolute atomic E-state index is 6.90. The summed E-state index contributed by atoms with van der Waals surface area (Å²) in [5.74, 6) is 1.75. The smallest absolute Gasteiger partial charge is 0.167 e. The van der Waals surface area contributed by atoms with E-state index in [1.807, 2.05) is 72.8 Å². The standard InChI is InChI=1S/C49H32N4O/c1-5-17-34(18-6-1)47-50-48(35-19-7-2-8-20-35)52-49(51-47)44-32-37(31-43-42-29-28-33-16-13-14-27-41(33)45(42)54-46(43)44)36-21-15-26-40(30-36)53(38-22-9-3-10-23-38)39-24-11-4-12-25-39/h1-32H. The third-order valence-corrected chi connectivity index (χ3v) is 9.87. The molecule has 2 aromatic heterocycles. The lowest BCUT2D eigenvalue weighted by atomic mass is 9.97. The fourth-order valence-corrected chi connectivity index (χ4v) is 7.29. The Morgan fingerprint density at radius 3 is 1.52 bits per heavy atom. The highest BCUT2D eigenvalue weighted by molar-refractivity contribution is 6.18. The predicted molar refractivity (Wildman–Crippen MR) is 221 cm³/mol. The van der Waals surface area contributed by atoms with Crippen molar-refractivity contribution in [2.75, 3.05) is 4.90 Å². The van der Waals surface area contributed by atoms with Crippen molar-refractivity contribution in [3.8, 4) is 45.3 Å². The van der Waals surface area contributed by atoms with Gasteiger partial charge in [0, 0.05) is 44.3 Å². The van der Waals surface area contributed by atoms with Crippen LogP contribution >= 0.6 is 0 Å². The fourth-order valence-electron chi connectivity index (χ4n) is 7.29. The Morgan fingerprint density at radius 2 is 0.870 bits per heavy atom. The fraction of sp³-hybridized carbons (Fsp3) is 0. The molecular formula is C49H32N4O. The van der Waals surface area contributed by atoms with E-state index in [1.165, 1.54) is 0 Å². The molecule has 0 fully saturated rings. The highest BCUT2D eigenvalue weighted by Gasteiger charge is 2.21. The van der Waals surface area contributed by atoms with Crippen LogP contribution in [0.25, 0.3) is 78.0 Å². The normalized spacial score (nSPS) is 11.3. The van der Waals surface area contributed by atoms with Crippen molar-refractivity contribution >= 4 is 49.8 Å². The van der Waals surface area contributed by atoms with E-state index < -0.39 is 0 Å². The summed E-state index contributed by atoms with van der Waals surface area (Å²) in [5, 5.41) is 4.23. The van der Waals surface area contributed by atoms with E-state index in [9.17, 15) is 0 Å². The number of hydrogen-bond donors (Lipinski definition) is 0. The average Bonchev–Trinajstić information content (AvgIpc) is 3.64. The van der Waals surface area contributed by atoms with Gasteiger partial charge in [0.05, 0.1) is 5.56 Å². The van der Waals surface area contributed by atoms with Crippen molar-refractivity contribution in [3.05, 3.63) is 194 Å². The molecule has 0 radical (unpaired) electrons. The summed E-state index contributed by atoms with van der Waals surface area (Å²) < 4.78 is 6.90. The minimum absolute atomic E-state index is 0.546. The minimum atomic E-state index is 0.546. The van der Waals surface area contributed by atoms with Gasteiger partial charge in [-0.15, -0.1) is 0 Å². The molecule has 10 aromatic rings. The average molecular weight is 693 g/mol. The first kappa shape index (κ1) is 31.4. The summed E-state index contributed by atoms with van der Waals surface area (Å²) in [6.07, 6.45) is 0. The largest absolute Gasteiger partial charge is 0.455 e. The molecule has 0 aliphatic heterocycles. The van der Waals surface area contributed by atoms with E-state index >= 15 is 0 Å². The van der Waals surface area contributed by atoms with Gasteiger partial charge in [-0.1, -0.05) is 140 Å². The van der Waals surface area contributed by atoms with Crippen LogP contribution in [0.2, 0.25) is 0 Å². The highest BCUT2D eigenvalue weighted by Crippen LogP contribution is 2.43. The first-order chi connectivity index (χ1) is 26.8. The van der Waals surface area contributed by atoms with Gasteiger partial charge < -0.3 is 9.32 Å². The van der Waals surface area contributed by atoms with Gasteiger partial charge in [-0.3, -0.25) is 0 Å². The molecule has 0 bridgehead atoms. The Labute approximate surface area is 312 Å². The number of nitrogens with zero attached hydrogens (tertiary/aromatic N) is 4. The number of fused-ring (bicyclic) bond motifs is 5. The zero-order valence-electron chi connectivity index (χ0n) is 29.2. The molecule has 0 aliphatic rings. The second-order valence-corrected chi connectivity index (χ2v) is 13.3. The van der Waals surface area contributed by atoms with E-state index in [-0.39, 0.29) is 0 Å². The molecule has 0 amide bonds. The summed E-state index contributed by atoms with van der Waals surface area (Å²) in [7, 11) is 0. The topological polar surface area (TPSA) is 55.1 Å². The maximum atomic E-state index is 6.90. The zero-order valence-corrected chi connectivity index (χ0v) is 29.2. The van der Waals surface area contributed by atoms with E-state index in [2.05, 4.69) is 126 Å². The number of hydrogen-bond acceptors (Lipinski definition) is 5. The molecule has 0 saturated heterocycles. The highest BCUT2D eigenvalue weighted by atomic mass is 16.3. The van der Waals surface area contributed by atoms with Crippen LogP contribution in [-0.4, -0.2) is 15.0 Å². The van der Waals surface area contributed by atoms with Crippen LogP contribution in [0.15, 0.2) is 199 Å². The number of anilines is 3. The van der Waals surface area contributed by atoms with Crippen molar-refractivity contribution in [3.63, 3.8) is 0 Å². The molecule has 10 rings (SSSR count). The first-order valence-corrected chi connectivity index (χ1v) is 18.0. The quantitative estimate of drug-likeness (QED) is 0.166. The Bertz CT molecular complexity index is 2830. The molecule has 8 aromatic carbocycles. The van der Waals surface area contributed by atoms with Crippen molar-refractivity contribution in [2.45, 2.75) is 0 Å². The molecule has 254 valence electrons. The molecule has 0 saturated carbocycles. The number of para-hydroxylation sites is 2. The molecular weight excluding hydrogens is 661 g/mol. The third kappa shape index (κ3) is 5.65. The van der Waals surface area contributed by atoms with E-state index in [4.69, 9.17) is 19.4 Å². The lowest BCUT2D eigenvalue weighted by Gasteiger charge is -2.26. The third-order valence-electron chi connectivity index (χ3n) is 9.87. The minimum Gasteiger partial charge on any atom is -0.455 e. The van der Waals surface area contributed by atoms with Crippen LogP contribution < -0.4 is 4.90 Å². The van der Waals surface area contributed by atoms with Crippen molar-refractivity contribution < 1.29 is 4.42 Å². The molecule has 0 unspecified atom stereocenters. The SMILES string of the molecule is c1ccc(-c2nc(-c3ccccc3)nc(-c3cc(-c4cccc(N(c5ccccc5)c5ccccc5)c4)cc4c3oc3c5ccccc5ccc43)n2)cc1. The lowest BCUT2D eigenvalue weighted by molar-refractivity contribution is 0.673. The lowest BCUT2D eigenvalue weighted by Crippen LogP contribution is -2.09. The molecule has 0 atom stereocenters. The van der Waals surface area contributed by atoms with E-state index in [0.717, 1.165) is 77.6 Å². The van der Waals surface area contributed by atoms with Gasteiger partial charge in [-0.25, -0.2) is 15.0 Å². The van der Waals surface area contributed by atoms with E-state index in [0.29, 0.717) is 17.5 Å². The molecule has 2 heterocycles. The van der Waals surface area contributed by atoms with Gasteiger partial charge in [0.15, 0.2) is 17.5 Å². The Hall–Kier alpha value is -7.37. The Kier molecular flexibility index (Phi) is 7.73. The molecule has 0 aliphatic carbocycles. The van der Waals surface area contributed by atoms with Gasteiger partial charge >= 0.3 is 0 Å². The van der Waals surface area contributed by atoms with Crippen LogP contribution in [0.4, 0.5) is 17.1 Å². The van der Waals surface area contributed by atoms with Crippen LogP contribution in [0, 0.1) is 0 Å². The summed E-state index contributed by atoms with van der Waals surface area (Å²) in [6, 6.07) is 66.9. The second-order valence-electron chi connectivity index (χ2n) is 13.3. The number of benzene rings is 8. The predicted octanol–water partition coefficient (Wildman–Crippen LogP) is 13.1. The van der Waals surface area contributed by atoms with Gasteiger partial charge in [0.1, 0.15) is 11.2 Å².